The number of amides is 1. The Morgan fingerprint density at radius 3 is 2.75 bits per heavy atom. The van der Waals surface area contributed by atoms with Gasteiger partial charge in [-0.05, 0) is 49.7 Å². The number of benzene rings is 1. The van der Waals surface area contributed by atoms with Crippen LogP contribution in [0, 0.1) is 12.7 Å². The molecule has 4 nitrogen and oxygen atoms in total. The SMILES string of the molecule is CCNc1ccnc(C(=O)Nc2ccc(F)c(C)c2)c1. The highest BCUT2D eigenvalue weighted by atomic mass is 19.1. The molecule has 0 saturated heterocycles. The predicted molar refractivity (Wildman–Crippen MR) is 77.5 cm³/mol. The quantitative estimate of drug-likeness (QED) is 0.899. The molecule has 0 atom stereocenters. The van der Waals surface area contributed by atoms with E-state index in [1.54, 1.807) is 31.3 Å². The number of carbonyl (C=O) groups is 1. The van der Waals surface area contributed by atoms with Crippen LogP contribution < -0.4 is 10.6 Å². The van der Waals surface area contributed by atoms with Gasteiger partial charge in [0.1, 0.15) is 11.5 Å². The lowest BCUT2D eigenvalue weighted by Crippen LogP contribution is -2.14. The van der Waals surface area contributed by atoms with E-state index in [4.69, 9.17) is 0 Å². The Bertz CT molecular complexity index is 628. The van der Waals surface area contributed by atoms with Gasteiger partial charge in [0.15, 0.2) is 0 Å². The monoisotopic (exact) mass is 273 g/mol. The molecule has 1 amide bonds. The Morgan fingerprint density at radius 2 is 2.05 bits per heavy atom. The van der Waals surface area contributed by atoms with Gasteiger partial charge in [0.2, 0.25) is 0 Å². The van der Waals surface area contributed by atoms with Crippen LogP contribution in [-0.2, 0) is 0 Å². The number of anilines is 2. The smallest absolute Gasteiger partial charge is 0.274 e. The lowest BCUT2D eigenvalue weighted by atomic mass is 10.2. The molecule has 1 aromatic carbocycles. The van der Waals surface area contributed by atoms with E-state index in [1.165, 1.54) is 12.1 Å². The topological polar surface area (TPSA) is 54.0 Å². The van der Waals surface area contributed by atoms with Gasteiger partial charge in [-0.25, -0.2) is 4.39 Å². The molecule has 0 bridgehead atoms. The van der Waals surface area contributed by atoms with Crippen molar-refractivity contribution < 1.29 is 9.18 Å². The lowest BCUT2D eigenvalue weighted by Gasteiger charge is -2.08. The summed E-state index contributed by atoms with van der Waals surface area (Å²) in [7, 11) is 0. The fourth-order valence-corrected chi connectivity index (χ4v) is 1.79. The molecule has 0 unspecified atom stereocenters. The van der Waals surface area contributed by atoms with Crippen LogP contribution in [0.25, 0.3) is 0 Å². The van der Waals surface area contributed by atoms with Crippen molar-refractivity contribution in [3.05, 3.63) is 53.6 Å². The van der Waals surface area contributed by atoms with Gasteiger partial charge in [-0.2, -0.15) is 0 Å². The number of nitrogens with zero attached hydrogens (tertiary/aromatic N) is 1. The standard InChI is InChI=1S/C15H16FN3O/c1-3-17-11-6-7-18-14(9-11)15(20)19-12-4-5-13(16)10(2)8-12/h4-9H,3H2,1-2H3,(H,17,18)(H,19,20). The average molecular weight is 273 g/mol. The van der Waals surface area contributed by atoms with Crippen molar-refractivity contribution in [2.45, 2.75) is 13.8 Å². The predicted octanol–water partition coefficient (Wildman–Crippen LogP) is 3.21. The molecule has 20 heavy (non-hydrogen) atoms. The molecule has 104 valence electrons. The second kappa shape index (κ2) is 6.14. The van der Waals surface area contributed by atoms with Crippen LogP contribution in [0.3, 0.4) is 0 Å². The highest BCUT2D eigenvalue weighted by Crippen LogP contribution is 2.15. The Balaban J connectivity index is 2.15. The van der Waals surface area contributed by atoms with Crippen LogP contribution in [0.4, 0.5) is 15.8 Å². The molecular formula is C15H16FN3O. The van der Waals surface area contributed by atoms with E-state index in [1.807, 2.05) is 6.92 Å². The number of nitrogens with one attached hydrogen (secondary N) is 2. The van der Waals surface area contributed by atoms with E-state index in [0.717, 1.165) is 12.2 Å². The number of rotatable bonds is 4. The third kappa shape index (κ3) is 3.32. The largest absolute Gasteiger partial charge is 0.385 e. The maximum atomic E-state index is 13.2. The first kappa shape index (κ1) is 14.0. The van der Waals surface area contributed by atoms with Crippen molar-refractivity contribution in [2.75, 3.05) is 17.2 Å². The molecule has 0 aliphatic heterocycles. The molecule has 1 aromatic heterocycles. The van der Waals surface area contributed by atoms with Gasteiger partial charge in [0, 0.05) is 24.1 Å². The van der Waals surface area contributed by atoms with Crippen molar-refractivity contribution in [2.24, 2.45) is 0 Å². The van der Waals surface area contributed by atoms with E-state index in [9.17, 15) is 9.18 Å². The molecule has 1 heterocycles. The van der Waals surface area contributed by atoms with Crippen LogP contribution in [0.1, 0.15) is 23.0 Å². The van der Waals surface area contributed by atoms with E-state index < -0.39 is 0 Å². The van der Waals surface area contributed by atoms with Crippen molar-refractivity contribution in [1.29, 1.82) is 0 Å². The number of pyridine rings is 1. The minimum Gasteiger partial charge on any atom is -0.385 e. The number of aryl methyl sites for hydroxylation is 1. The molecule has 2 N–H and O–H groups in total. The third-order valence-corrected chi connectivity index (χ3v) is 2.79. The van der Waals surface area contributed by atoms with Gasteiger partial charge in [0.05, 0.1) is 0 Å². The van der Waals surface area contributed by atoms with E-state index in [2.05, 4.69) is 15.6 Å². The second-order valence-electron chi connectivity index (χ2n) is 4.38. The summed E-state index contributed by atoms with van der Waals surface area (Å²) >= 11 is 0. The average Bonchev–Trinajstić information content (AvgIpc) is 2.43. The summed E-state index contributed by atoms with van der Waals surface area (Å²) in [6, 6.07) is 7.90. The van der Waals surface area contributed by atoms with Gasteiger partial charge in [0.25, 0.3) is 5.91 Å². The number of hydrogen-bond donors (Lipinski definition) is 2. The zero-order chi connectivity index (χ0) is 14.5. The molecule has 0 aliphatic carbocycles. The van der Waals surface area contributed by atoms with Crippen LogP contribution in [0.5, 0.6) is 0 Å². The summed E-state index contributed by atoms with van der Waals surface area (Å²) in [6.45, 7) is 4.39. The first-order chi connectivity index (χ1) is 9.60. The second-order valence-corrected chi connectivity index (χ2v) is 4.38. The number of hydrogen-bond acceptors (Lipinski definition) is 3. The number of carbonyl (C=O) groups excluding carboxylic acids is 1. The lowest BCUT2D eigenvalue weighted by molar-refractivity contribution is 0.102. The van der Waals surface area contributed by atoms with Crippen LogP contribution in [0.2, 0.25) is 0 Å². The summed E-state index contributed by atoms with van der Waals surface area (Å²) < 4.78 is 13.2. The molecule has 5 heteroatoms. The van der Waals surface area contributed by atoms with Gasteiger partial charge in [-0.3, -0.25) is 9.78 Å². The van der Waals surface area contributed by atoms with Crippen LogP contribution in [-0.4, -0.2) is 17.4 Å². The van der Waals surface area contributed by atoms with Gasteiger partial charge in [-0.1, -0.05) is 0 Å². The zero-order valence-corrected chi connectivity index (χ0v) is 11.4. The van der Waals surface area contributed by atoms with Crippen LogP contribution in [0.15, 0.2) is 36.5 Å². The van der Waals surface area contributed by atoms with Crippen molar-refractivity contribution in [1.82, 2.24) is 4.98 Å². The molecular weight excluding hydrogens is 257 g/mol. The molecule has 2 aromatic rings. The summed E-state index contributed by atoms with van der Waals surface area (Å²) in [5.41, 5.74) is 2.18. The minimum atomic E-state index is -0.323. The Kier molecular flexibility index (Phi) is 4.30. The molecule has 0 aliphatic rings. The summed E-state index contributed by atoms with van der Waals surface area (Å²) in [5.74, 6) is -0.619. The molecule has 0 radical (unpaired) electrons. The number of halogens is 1. The van der Waals surface area contributed by atoms with Gasteiger partial charge >= 0.3 is 0 Å². The third-order valence-electron chi connectivity index (χ3n) is 2.79. The zero-order valence-electron chi connectivity index (χ0n) is 11.4. The Morgan fingerprint density at radius 1 is 1.25 bits per heavy atom. The van der Waals surface area contributed by atoms with Crippen molar-refractivity contribution >= 4 is 17.3 Å². The van der Waals surface area contributed by atoms with E-state index in [-0.39, 0.29) is 11.7 Å². The highest BCUT2D eigenvalue weighted by Gasteiger charge is 2.09. The summed E-state index contributed by atoms with van der Waals surface area (Å²) in [6.07, 6.45) is 1.57. The fraction of sp³-hybridized carbons (Fsp3) is 0.200. The summed E-state index contributed by atoms with van der Waals surface area (Å²) in [5, 5.41) is 5.81. The molecule has 0 fully saturated rings. The van der Waals surface area contributed by atoms with Crippen molar-refractivity contribution in [3.63, 3.8) is 0 Å². The van der Waals surface area contributed by atoms with Crippen LogP contribution >= 0.6 is 0 Å². The highest BCUT2D eigenvalue weighted by molar-refractivity contribution is 6.03. The Labute approximate surface area is 117 Å². The maximum Gasteiger partial charge on any atom is 0.274 e. The van der Waals surface area contributed by atoms with E-state index >= 15 is 0 Å². The Hall–Kier alpha value is -2.43. The van der Waals surface area contributed by atoms with Gasteiger partial charge in [-0.15, -0.1) is 0 Å². The van der Waals surface area contributed by atoms with Gasteiger partial charge < -0.3 is 10.6 Å². The summed E-state index contributed by atoms with van der Waals surface area (Å²) in [4.78, 5) is 16.1. The number of aromatic nitrogens is 1. The maximum absolute atomic E-state index is 13.2. The first-order valence-corrected chi connectivity index (χ1v) is 6.37. The molecule has 2 rings (SSSR count). The van der Waals surface area contributed by atoms with Crippen molar-refractivity contribution in [3.8, 4) is 0 Å². The van der Waals surface area contributed by atoms with E-state index in [0.29, 0.717) is 16.9 Å². The fourth-order valence-electron chi connectivity index (χ4n) is 1.79. The normalized spacial score (nSPS) is 10.2. The minimum absolute atomic E-state index is 0.296. The molecule has 0 saturated carbocycles. The first-order valence-electron chi connectivity index (χ1n) is 6.37. The molecule has 0 spiro atoms.